The summed E-state index contributed by atoms with van der Waals surface area (Å²) in [5, 5.41) is 0.793. The van der Waals surface area contributed by atoms with Crippen molar-refractivity contribution in [3.05, 3.63) is 66.2 Å². The quantitative estimate of drug-likeness (QED) is 0.705. The molecule has 0 aliphatic carbocycles. The van der Waals surface area contributed by atoms with Crippen molar-refractivity contribution in [1.82, 2.24) is 0 Å². The van der Waals surface area contributed by atoms with E-state index in [1.165, 1.54) is 23.9 Å². The molecule has 22 heavy (non-hydrogen) atoms. The average Bonchev–Trinajstić information content (AvgIpc) is 3.11. The fourth-order valence-corrected chi connectivity index (χ4v) is 3.75. The Labute approximate surface area is 130 Å². The maximum absolute atomic E-state index is 13.1. The number of carbonyl (C=O) groups excluding carboxylic acids is 1. The molecule has 2 heterocycles. The van der Waals surface area contributed by atoms with E-state index in [0.717, 1.165) is 16.7 Å². The Morgan fingerprint density at radius 3 is 2.68 bits per heavy atom. The van der Waals surface area contributed by atoms with Gasteiger partial charge in [0.2, 0.25) is 5.91 Å². The molecule has 5 heteroatoms. The fraction of sp³-hybridized carbons (Fsp3) is 0.118. The second kappa shape index (κ2) is 5.18. The zero-order valence-corrected chi connectivity index (χ0v) is 12.3. The molecular weight excluding hydrogens is 301 g/mol. The van der Waals surface area contributed by atoms with Crippen molar-refractivity contribution in [2.75, 3.05) is 10.7 Å². The summed E-state index contributed by atoms with van der Waals surface area (Å²) in [6, 6.07) is 15.7. The third-order valence-corrected chi connectivity index (χ3v) is 4.83. The second-order valence-electron chi connectivity index (χ2n) is 5.09. The molecule has 1 aromatic heterocycles. The maximum Gasteiger partial charge on any atom is 0.238 e. The first-order valence-corrected chi connectivity index (χ1v) is 7.95. The highest BCUT2D eigenvalue weighted by atomic mass is 32.2. The van der Waals surface area contributed by atoms with Gasteiger partial charge in [0.15, 0.2) is 0 Å². The minimum absolute atomic E-state index is 0.00191. The summed E-state index contributed by atoms with van der Waals surface area (Å²) in [4.78, 5) is 13.9. The molecule has 0 radical (unpaired) electrons. The number of hydrogen-bond donors (Lipinski definition) is 0. The molecule has 1 amide bonds. The van der Waals surface area contributed by atoms with Gasteiger partial charge in [-0.15, -0.1) is 11.8 Å². The zero-order valence-electron chi connectivity index (χ0n) is 11.5. The Bertz CT molecular complexity index is 810. The van der Waals surface area contributed by atoms with Gasteiger partial charge in [0.1, 0.15) is 22.5 Å². The molecule has 1 aliphatic heterocycles. The molecule has 4 rings (SSSR count). The number of thioether (sulfide) groups is 1. The van der Waals surface area contributed by atoms with E-state index in [1.807, 2.05) is 30.3 Å². The largest absolute Gasteiger partial charge is 0.458 e. The molecule has 0 N–H and O–H groups in total. The van der Waals surface area contributed by atoms with E-state index in [1.54, 1.807) is 17.0 Å². The van der Waals surface area contributed by atoms with Gasteiger partial charge >= 0.3 is 0 Å². The molecule has 3 aromatic rings. The molecule has 1 fully saturated rings. The Balaban J connectivity index is 1.76. The molecule has 0 saturated carbocycles. The third kappa shape index (κ3) is 2.18. The van der Waals surface area contributed by atoms with Gasteiger partial charge in [-0.3, -0.25) is 9.69 Å². The first kappa shape index (κ1) is 13.4. The van der Waals surface area contributed by atoms with Crippen molar-refractivity contribution in [3.8, 4) is 0 Å². The summed E-state index contributed by atoms with van der Waals surface area (Å²) in [6.07, 6.45) is 0. The van der Waals surface area contributed by atoms with Crippen LogP contribution < -0.4 is 4.90 Å². The van der Waals surface area contributed by atoms with Crippen LogP contribution in [0.15, 0.2) is 59.0 Å². The van der Waals surface area contributed by atoms with Crippen molar-refractivity contribution in [3.63, 3.8) is 0 Å². The highest BCUT2D eigenvalue weighted by Gasteiger charge is 2.36. The standard InChI is InChI=1S/C17H12FNO2S/c18-12-5-7-13(8-6-12)19-16(20)10-22-17(19)15-9-11-3-1-2-4-14(11)21-15/h1-9,17H,10H2/t17-/m1/s1. The number of halogens is 1. The first-order chi connectivity index (χ1) is 10.7. The molecule has 0 spiro atoms. The van der Waals surface area contributed by atoms with Crippen LogP contribution >= 0.6 is 11.8 Å². The van der Waals surface area contributed by atoms with Crippen LogP contribution in [0.2, 0.25) is 0 Å². The summed E-state index contributed by atoms with van der Waals surface area (Å²) < 4.78 is 19.0. The Kier molecular flexibility index (Phi) is 3.15. The van der Waals surface area contributed by atoms with E-state index in [-0.39, 0.29) is 17.1 Å². The SMILES string of the molecule is O=C1CS[C@H](c2cc3ccccc3o2)N1c1ccc(F)cc1. The Hall–Kier alpha value is -2.27. The lowest BCUT2D eigenvalue weighted by Gasteiger charge is -2.22. The van der Waals surface area contributed by atoms with E-state index in [9.17, 15) is 9.18 Å². The number of nitrogens with zero attached hydrogens (tertiary/aromatic N) is 1. The number of fused-ring (bicyclic) bond motifs is 1. The second-order valence-corrected chi connectivity index (χ2v) is 6.16. The van der Waals surface area contributed by atoms with E-state index in [2.05, 4.69) is 0 Å². The van der Waals surface area contributed by atoms with Crippen LogP contribution in [-0.2, 0) is 4.79 Å². The van der Waals surface area contributed by atoms with E-state index in [4.69, 9.17) is 4.42 Å². The predicted molar refractivity (Wildman–Crippen MR) is 85.3 cm³/mol. The summed E-state index contributed by atoms with van der Waals surface area (Å²) in [5.74, 6) is 0.811. The molecule has 1 aliphatic rings. The highest BCUT2D eigenvalue weighted by molar-refractivity contribution is 8.00. The number of benzene rings is 2. The van der Waals surface area contributed by atoms with Gasteiger partial charge in [-0.05, 0) is 36.4 Å². The normalized spacial score (nSPS) is 18.3. The number of para-hydroxylation sites is 1. The summed E-state index contributed by atoms with van der Waals surface area (Å²) in [5.41, 5.74) is 1.48. The lowest BCUT2D eigenvalue weighted by atomic mass is 10.2. The lowest BCUT2D eigenvalue weighted by molar-refractivity contribution is -0.115. The zero-order chi connectivity index (χ0) is 15.1. The summed E-state index contributed by atoms with van der Waals surface area (Å²) >= 11 is 1.51. The van der Waals surface area contributed by atoms with Crippen LogP contribution in [0.4, 0.5) is 10.1 Å². The van der Waals surface area contributed by atoms with Gasteiger partial charge in [-0.25, -0.2) is 4.39 Å². The van der Waals surface area contributed by atoms with Gasteiger partial charge in [-0.2, -0.15) is 0 Å². The Morgan fingerprint density at radius 1 is 1.14 bits per heavy atom. The molecule has 0 bridgehead atoms. The molecule has 110 valence electrons. The lowest BCUT2D eigenvalue weighted by Crippen LogP contribution is -2.27. The fourth-order valence-electron chi connectivity index (χ4n) is 2.64. The van der Waals surface area contributed by atoms with E-state index < -0.39 is 0 Å². The first-order valence-electron chi connectivity index (χ1n) is 6.90. The van der Waals surface area contributed by atoms with Gasteiger partial charge in [0.05, 0.1) is 5.75 Å². The third-order valence-electron chi connectivity index (χ3n) is 3.66. The number of anilines is 1. The van der Waals surface area contributed by atoms with Crippen molar-refractivity contribution in [2.45, 2.75) is 5.37 Å². The Morgan fingerprint density at radius 2 is 1.91 bits per heavy atom. The minimum atomic E-state index is -0.316. The van der Waals surface area contributed by atoms with Crippen LogP contribution in [-0.4, -0.2) is 11.7 Å². The highest BCUT2D eigenvalue weighted by Crippen LogP contribution is 2.43. The molecule has 1 atom stereocenters. The van der Waals surface area contributed by atoms with Crippen LogP contribution in [0.25, 0.3) is 11.0 Å². The van der Waals surface area contributed by atoms with Crippen LogP contribution in [0.5, 0.6) is 0 Å². The number of rotatable bonds is 2. The number of carbonyl (C=O) groups is 1. The molecule has 0 unspecified atom stereocenters. The van der Waals surface area contributed by atoms with Crippen molar-refractivity contribution in [2.24, 2.45) is 0 Å². The average molecular weight is 313 g/mol. The van der Waals surface area contributed by atoms with Crippen molar-refractivity contribution in [1.29, 1.82) is 0 Å². The van der Waals surface area contributed by atoms with Crippen molar-refractivity contribution >= 4 is 34.3 Å². The summed E-state index contributed by atoms with van der Waals surface area (Å²) in [7, 11) is 0. The summed E-state index contributed by atoms with van der Waals surface area (Å²) in [6.45, 7) is 0. The van der Waals surface area contributed by atoms with Crippen molar-refractivity contribution < 1.29 is 13.6 Å². The molecule has 2 aromatic carbocycles. The molecule has 3 nitrogen and oxygen atoms in total. The van der Waals surface area contributed by atoms with Gasteiger partial charge < -0.3 is 4.42 Å². The minimum Gasteiger partial charge on any atom is -0.458 e. The van der Waals surface area contributed by atoms with Gasteiger partial charge in [0, 0.05) is 11.1 Å². The molecular formula is C17H12FNO2S. The van der Waals surface area contributed by atoms with E-state index in [0.29, 0.717) is 11.4 Å². The van der Waals surface area contributed by atoms with Gasteiger partial charge in [0.25, 0.3) is 0 Å². The topological polar surface area (TPSA) is 33.5 Å². The van der Waals surface area contributed by atoms with Gasteiger partial charge in [-0.1, -0.05) is 18.2 Å². The van der Waals surface area contributed by atoms with Crippen LogP contribution in [0.3, 0.4) is 0 Å². The smallest absolute Gasteiger partial charge is 0.238 e. The number of furan rings is 1. The predicted octanol–water partition coefficient (Wildman–Crippen LogP) is 4.35. The monoisotopic (exact) mass is 313 g/mol. The van der Waals surface area contributed by atoms with E-state index >= 15 is 0 Å². The van der Waals surface area contributed by atoms with Crippen LogP contribution in [0.1, 0.15) is 11.1 Å². The maximum atomic E-state index is 13.1. The van der Waals surface area contributed by atoms with Crippen LogP contribution in [0, 0.1) is 5.82 Å². The molecule has 1 saturated heterocycles. The number of amides is 1. The number of hydrogen-bond acceptors (Lipinski definition) is 3.